The van der Waals surface area contributed by atoms with Crippen molar-refractivity contribution in [2.75, 3.05) is 12.8 Å². The van der Waals surface area contributed by atoms with E-state index in [9.17, 15) is 13.2 Å². The second-order valence-corrected chi connectivity index (χ2v) is 8.09. The van der Waals surface area contributed by atoms with Crippen molar-refractivity contribution >= 4 is 15.9 Å². The standard InChI is InChI=1S/C14H22N4O3S/c1-17-12-6-3-5-11(10(12)9-15-17)16-14(19)13-7-4-8-18(13)22(2,20)21/h9,11,13H,3-8H2,1-2H3,(H,16,19)/t11-,13+/m0/s1. The van der Waals surface area contributed by atoms with Crippen LogP contribution in [0.1, 0.15) is 43.0 Å². The molecule has 1 aliphatic heterocycles. The van der Waals surface area contributed by atoms with E-state index < -0.39 is 16.1 Å². The van der Waals surface area contributed by atoms with E-state index in [1.54, 1.807) is 0 Å². The van der Waals surface area contributed by atoms with Gasteiger partial charge in [0, 0.05) is 24.8 Å². The zero-order chi connectivity index (χ0) is 15.9. The molecule has 1 saturated heterocycles. The van der Waals surface area contributed by atoms with Crippen LogP contribution in [-0.4, -0.2) is 47.3 Å². The number of fused-ring (bicyclic) bond motifs is 1. The molecule has 0 saturated carbocycles. The van der Waals surface area contributed by atoms with E-state index in [1.165, 1.54) is 10.6 Å². The van der Waals surface area contributed by atoms with Crippen molar-refractivity contribution in [3.05, 3.63) is 17.5 Å². The summed E-state index contributed by atoms with van der Waals surface area (Å²) in [4.78, 5) is 12.5. The molecular formula is C14H22N4O3S. The van der Waals surface area contributed by atoms with E-state index in [1.807, 2.05) is 17.9 Å². The van der Waals surface area contributed by atoms with Gasteiger partial charge in [-0.15, -0.1) is 0 Å². The summed E-state index contributed by atoms with van der Waals surface area (Å²) in [5.74, 6) is -0.190. The number of rotatable bonds is 3. The van der Waals surface area contributed by atoms with Crippen LogP contribution in [0.2, 0.25) is 0 Å². The predicted molar refractivity (Wildman–Crippen MR) is 81.6 cm³/mol. The molecule has 1 aromatic rings. The number of hydrogen-bond donors (Lipinski definition) is 1. The van der Waals surface area contributed by atoms with Gasteiger partial charge >= 0.3 is 0 Å². The lowest BCUT2D eigenvalue weighted by Gasteiger charge is -2.27. The molecule has 2 aliphatic rings. The van der Waals surface area contributed by atoms with Crippen LogP contribution in [0, 0.1) is 0 Å². The van der Waals surface area contributed by atoms with Gasteiger partial charge in [0.15, 0.2) is 0 Å². The zero-order valence-electron chi connectivity index (χ0n) is 12.9. The Morgan fingerprint density at radius 1 is 1.36 bits per heavy atom. The van der Waals surface area contributed by atoms with Crippen molar-refractivity contribution in [1.29, 1.82) is 0 Å². The first-order valence-electron chi connectivity index (χ1n) is 7.66. The summed E-state index contributed by atoms with van der Waals surface area (Å²) in [7, 11) is -1.43. The molecule has 3 rings (SSSR count). The van der Waals surface area contributed by atoms with Crippen molar-refractivity contribution in [3.8, 4) is 0 Å². The molecule has 0 bridgehead atoms. The number of aromatic nitrogens is 2. The molecule has 1 aromatic heterocycles. The summed E-state index contributed by atoms with van der Waals surface area (Å²) in [5.41, 5.74) is 2.22. The molecule has 0 spiro atoms. The van der Waals surface area contributed by atoms with Crippen LogP contribution in [0.15, 0.2) is 6.20 Å². The molecule has 0 radical (unpaired) electrons. The van der Waals surface area contributed by atoms with Gasteiger partial charge < -0.3 is 5.32 Å². The number of carbonyl (C=O) groups excluding carboxylic acids is 1. The highest BCUT2D eigenvalue weighted by molar-refractivity contribution is 7.88. The minimum absolute atomic E-state index is 0.0630. The maximum Gasteiger partial charge on any atom is 0.238 e. The van der Waals surface area contributed by atoms with Crippen LogP contribution >= 0.6 is 0 Å². The van der Waals surface area contributed by atoms with Crippen molar-refractivity contribution in [3.63, 3.8) is 0 Å². The molecular weight excluding hydrogens is 304 g/mol. The van der Waals surface area contributed by atoms with E-state index in [0.717, 1.165) is 36.9 Å². The molecule has 1 aliphatic carbocycles. The Kier molecular flexibility index (Phi) is 3.98. The summed E-state index contributed by atoms with van der Waals surface area (Å²) in [6.45, 7) is 0.430. The van der Waals surface area contributed by atoms with E-state index >= 15 is 0 Å². The van der Waals surface area contributed by atoms with E-state index in [-0.39, 0.29) is 11.9 Å². The maximum absolute atomic E-state index is 12.5. The van der Waals surface area contributed by atoms with Crippen LogP contribution in [0.3, 0.4) is 0 Å². The van der Waals surface area contributed by atoms with Gasteiger partial charge in [-0.2, -0.15) is 9.40 Å². The van der Waals surface area contributed by atoms with Gasteiger partial charge in [0.1, 0.15) is 6.04 Å². The first-order chi connectivity index (χ1) is 10.4. The summed E-state index contributed by atoms with van der Waals surface area (Å²) in [5, 5.41) is 7.30. The largest absolute Gasteiger partial charge is 0.348 e. The third kappa shape index (κ3) is 2.77. The van der Waals surface area contributed by atoms with E-state index in [0.29, 0.717) is 13.0 Å². The fourth-order valence-electron chi connectivity index (χ4n) is 3.52. The van der Waals surface area contributed by atoms with Crippen LogP contribution < -0.4 is 5.32 Å². The van der Waals surface area contributed by atoms with Gasteiger partial charge in [0.2, 0.25) is 15.9 Å². The lowest BCUT2D eigenvalue weighted by molar-refractivity contribution is -0.125. The van der Waals surface area contributed by atoms with Crippen molar-refractivity contribution in [2.45, 2.75) is 44.2 Å². The molecule has 1 fully saturated rings. The first kappa shape index (κ1) is 15.5. The molecule has 0 unspecified atom stereocenters. The van der Waals surface area contributed by atoms with Crippen LogP contribution in [0.5, 0.6) is 0 Å². The average molecular weight is 326 g/mol. The molecule has 7 nitrogen and oxygen atoms in total. The Balaban J connectivity index is 1.75. The third-order valence-electron chi connectivity index (χ3n) is 4.62. The molecule has 22 heavy (non-hydrogen) atoms. The number of nitrogens with one attached hydrogen (secondary N) is 1. The topological polar surface area (TPSA) is 84.3 Å². The second-order valence-electron chi connectivity index (χ2n) is 6.16. The van der Waals surface area contributed by atoms with Gasteiger partial charge in [-0.25, -0.2) is 8.42 Å². The zero-order valence-corrected chi connectivity index (χ0v) is 13.8. The number of hydrogen-bond acceptors (Lipinski definition) is 4. The number of sulfonamides is 1. The molecule has 122 valence electrons. The van der Waals surface area contributed by atoms with Gasteiger partial charge in [-0.1, -0.05) is 0 Å². The highest BCUT2D eigenvalue weighted by atomic mass is 32.2. The lowest BCUT2D eigenvalue weighted by atomic mass is 9.92. The van der Waals surface area contributed by atoms with Gasteiger partial charge in [0.05, 0.1) is 18.5 Å². The molecule has 2 atom stereocenters. The number of nitrogens with zero attached hydrogens (tertiary/aromatic N) is 3. The highest BCUT2D eigenvalue weighted by Crippen LogP contribution is 2.30. The molecule has 1 amide bonds. The fraction of sp³-hybridized carbons (Fsp3) is 0.714. The van der Waals surface area contributed by atoms with Crippen LogP contribution in [-0.2, 0) is 28.3 Å². The second kappa shape index (κ2) is 5.66. The quantitative estimate of drug-likeness (QED) is 0.868. The molecule has 2 heterocycles. The van der Waals surface area contributed by atoms with Crippen LogP contribution in [0.4, 0.5) is 0 Å². The monoisotopic (exact) mass is 326 g/mol. The van der Waals surface area contributed by atoms with Crippen molar-refractivity contribution in [1.82, 2.24) is 19.4 Å². The SMILES string of the molecule is Cn1ncc2c1CCC[C@@H]2NC(=O)[C@H]1CCCN1S(C)(=O)=O. The molecule has 0 aromatic carbocycles. The molecule has 1 N–H and O–H groups in total. The lowest BCUT2D eigenvalue weighted by Crippen LogP contribution is -2.46. The third-order valence-corrected chi connectivity index (χ3v) is 5.91. The molecule has 8 heteroatoms. The van der Waals surface area contributed by atoms with E-state index in [4.69, 9.17) is 0 Å². The van der Waals surface area contributed by atoms with Gasteiger partial charge in [-0.05, 0) is 32.1 Å². The van der Waals surface area contributed by atoms with Crippen molar-refractivity contribution < 1.29 is 13.2 Å². The number of amides is 1. The van der Waals surface area contributed by atoms with Gasteiger partial charge in [0.25, 0.3) is 0 Å². The smallest absolute Gasteiger partial charge is 0.238 e. The maximum atomic E-state index is 12.5. The fourth-order valence-corrected chi connectivity index (χ4v) is 4.65. The minimum Gasteiger partial charge on any atom is -0.348 e. The van der Waals surface area contributed by atoms with Crippen LogP contribution in [0.25, 0.3) is 0 Å². The van der Waals surface area contributed by atoms with Crippen molar-refractivity contribution in [2.24, 2.45) is 7.05 Å². The minimum atomic E-state index is -3.34. The van der Waals surface area contributed by atoms with E-state index in [2.05, 4.69) is 10.4 Å². The first-order valence-corrected chi connectivity index (χ1v) is 9.50. The Morgan fingerprint density at radius 3 is 2.86 bits per heavy atom. The summed E-state index contributed by atoms with van der Waals surface area (Å²) in [6.07, 6.45) is 7.13. The average Bonchev–Trinajstić information content (AvgIpc) is 3.06. The normalized spacial score (nSPS) is 25.9. The Hall–Kier alpha value is -1.41. The Labute approximate surface area is 130 Å². The number of aryl methyl sites for hydroxylation is 1. The number of carbonyl (C=O) groups is 1. The Bertz CT molecular complexity index is 682. The summed E-state index contributed by atoms with van der Waals surface area (Å²) in [6, 6.07) is -0.635. The highest BCUT2D eigenvalue weighted by Gasteiger charge is 2.37. The summed E-state index contributed by atoms with van der Waals surface area (Å²) >= 11 is 0. The Morgan fingerprint density at radius 2 is 2.14 bits per heavy atom. The van der Waals surface area contributed by atoms with Gasteiger partial charge in [-0.3, -0.25) is 9.48 Å². The predicted octanol–water partition coefficient (Wildman–Crippen LogP) is 0.338. The summed E-state index contributed by atoms with van der Waals surface area (Å²) < 4.78 is 26.7.